The Morgan fingerprint density at radius 1 is 1.10 bits per heavy atom. The summed E-state index contributed by atoms with van der Waals surface area (Å²) in [7, 11) is 0. The monoisotopic (exact) mass is 279 g/mol. The molecule has 0 atom stereocenters. The predicted molar refractivity (Wildman–Crippen MR) is 71.5 cm³/mol. The fourth-order valence-electron chi connectivity index (χ4n) is 1.54. The van der Waals surface area contributed by atoms with Gasteiger partial charge in [-0.3, -0.25) is 4.98 Å². The molecule has 0 saturated heterocycles. The predicted octanol–water partition coefficient (Wildman–Crippen LogP) is 3.16. The molecule has 1 N–H and O–H groups in total. The summed E-state index contributed by atoms with van der Waals surface area (Å²) in [5, 5.41) is 3.10. The first-order valence-electron chi connectivity index (χ1n) is 6.31. The van der Waals surface area contributed by atoms with Crippen LogP contribution in [0.1, 0.15) is 19.0 Å². The molecule has 0 aliphatic rings. The molecule has 0 amide bonds. The van der Waals surface area contributed by atoms with Gasteiger partial charge < -0.3 is 10.1 Å². The molecule has 2 rings (SSSR count). The molecule has 0 aliphatic carbocycles. The Bertz CT molecular complexity index is 541. The van der Waals surface area contributed by atoms with Crippen molar-refractivity contribution >= 4 is 5.82 Å². The Labute approximate surface area is 115 Å². The van der Waals surface area contributed by atoms with Crippen LogP contribution in [0.5, 0.6) is 5.75 Å². The minimum absolute atomic E-state index is 0.101. The summed E-state index contributed by atoms with van der Waals surface area (Å²) in [4.78, 5) is 8.32. The Morgan fingerprint density at radius 3 is 2.45 bits per heavy atom. The molecule has 0 bridgehead atoms. The van der Waals surface area contributed by atoms with Crippen molar-refractivity contribution in [3.05, 3.63) is 47.9 Å². The molecule has 4 nitrogen and oxygen atoms in total. The maximum Gasteiger partial charge on any atom is 0.144 e. The second-order valence-corrected chi connectivity index (χ2v) is 4.21. The number of hydrogen-bond acceptors (Lipinski definition) is 4. The van der Waals surface area contributed by atoms with Gasteiger partial charge in [0.25, 0.3) is 0 Å². The number of benzene rings is 1. The first kappa shape index (κ1) is 14.2. The van der Waals surface area contributed by atoms with Gasteiger partial charge in [0.15, 0.2) is 0 Å². The van der Waals surface area contributed by atoms with Crippen LogP contribution in [0.15, 0.2) is 30.6 Å². The van der Waals surface area contributed by atoms with Crippen LogP contribution in [-0.2, 0) is 6.61 Å². The topological polar surface area (TPSA) is 47.0 Å². The summed E-state index contributed by atoms with van der Waals surface area (Å²) in [6.07, 6.45) is 4.16. The Balaban J connectivity index is 1.93. The van der Waals surface area contributed by atoms with Crippen LogP contribution in [-0.4, -0.2) is 16.5 Å². The zero-order chi connectivity index (χ0) is 14.4. The van der Waals surface area contributed by atoms with E-state index in [9.17, 15) is 8.78 Å². The third kappa shape index (κ3) is 4.15. The lowest BCUT2D eigenvalue weighted by Gasteiger charge is -2.07. The quantitative estimate of drug-likeness (QED) is 0.882. The molecule has 0 spiro atoms. The fraction of sp³-hybridized carbons (Fsp3) is 0.286. The van der Waals surface area contributed by atoms with E-state index in [-0.39, 0.29) is 12.4 Å². The highest BCUT2D eigenvalue weighted by Crippen LogP contribution is 2.16. The summed E-state index contributed by atoms with van der Waals surface area (Å²) < 4.78 is 31.2. The lowest BCUT2D eigenvalue weighted by molar-refractivity contribution is 0.297. The summed E-state index contributed by atoms with van der Waals surface area (Å²) >= 11 is 0. The molecule has 0 radical (unpaired) electrons. The van der Waals surface area contributed by atoms with E-state index in [0.29, 0.717) is 11.5 Å². The molecule has 0 aliphatic heterocycles. The van der Waals surface area contributed by atoms with E-state index in [1.807, 2.05) is 0 Å². The number of hydrogen-bond donors (Lipinski definition) is 1. The van der Waals surface area contributed by atoms with Gasteiger partial charge in [-0.25, -0.2) is 13.8 Å². The second-order valence-electron chi connectivity index (χ2n) is 4.21. The van der Waals surface area contributed by atoms with Gasteiger partial charge in [-0.05, 0) is 6.42 Å². The normalized spacial score (nSPS) is 10.3. The molecule has 0 unspecified atom stereocenters. The largest absolute Gasteiger partial charge is 0.487 e. The van der Waals surface area contributed by atoms with E-state index in [4.69, 9.17) is 4.74 Å². The smallest absolute Gasteiger partial charge is 0.144 e. The average Bonchev–Trinajstić information content (AvgIpc) is 2.43. The van der Waals surface area contributed by atoms with E-state index >= 15 is 0 Å². The minimum atomic E-state index is -0.676. The molecule has 0 fully saturated rings. The zero-order valence-corrected chi connectivity index (χ0v) is 11.1. The van der Waals surface area contributed by atoms with Gasteiger partial charge in [0, 0.05) is 24.7 Å². The van der Waals surface area contributed by atoms with Crippen LogP contribution in [0.25, 0.3) is 0 Å². The highest BCUT2D eigenvalue weighted by molar-refractivity contribution is 5.30. The third-order valence-corrected chi connectivity index (χ3v) is 2.48. The molecular formula is C14H15F2N3O. The van der Waals surface area contributed by atoms with Crippen molar-refractivity contribution in [3.63, 3.8) is 0 Å². The van der Waals surface area contributed by atoms with Gasteiger partial charge in [-0.15, -0.1) is 0 Å². The third-order valence-electron chi connectivity index (χ3n) is 2.48. The van der Waals surface area contributed by atoms with Crippen molar-refractivity contribution < 1.29 is 13.5 Å². The summed E-state index contributed by atoms with van der Waals surface area (Å²) in [6, 6.07) is 3.03. The maximum absolute atomic E-state index is 13.0. The van der Waals surface area contributed by atoms with Gasteiger partial charge in [0.05, 0.1) is 18.1 Å². The van der Waals surface area contributed by atoms with Gasteiger partial charge in [0.1, 0.15) is 29.8 Å². The van der Waals surface area contributed by atoms with Crippen LogP contribution >= 0.6 is 0 Å². The minimum Gasteiger partial charge on any atom is -0.487 e. The Morgan fingerprint density at radius 2 is 1.85 bits per heavy atom. The lowest BCUT2D eigenvalue weighted by atomic mass is 10.3. The molecule has 1 heterocycles. The van der Waals surface area contributed by atoms with E-state index in [1.165, 1.54) is 0 Å². The van der Waals surface area contributed by atoms with Crippen molar-refractivity contribution in [2.45, 2.75) is 20.0 Å². The SMILES string of the molecule is CCCNc1cnc(COc2cc(F)cc(F)c2)cn1. The van der Waals surface area contributed by atoms with Crippen LogP contribution in [0.4, 0.5) is 14.6 Å². The van der Waals surface area contributed by atoms with Crippen molar-refractivity contribution in [2.75, 3.05) is 11.9 Å². The zero-order valence-electron chi connectivity index (χ0n) is 11.1. The van der Waals surface area contributed by atoms with Gasteiger partial charge >= 0.3 is 0 Å². The summed E-state index contributed by atoms with van der Waals surface area (Å²) in [6.45, 7) is 2.98. The van der Waals surface area contributed by atoms with Crippen molar-refractivity contribution in [1.82, 2.24) is 9.97 Å². The van der Waals surface area contributed by atoms with E-state index < -0.39 is 11.6 Å². The Hall–Kier alpha value is -2.24. The first-order chi connectivity index (χ1) is 9.67. The van der Waals surface area contributed by atoms with Gasteiger partial charge in [-0.1, -0.05) is 6.92 Å². The number of nitrogens with one attached hydrogen (secondary N) is 1. The number of anilines is 1. The molecule has 2 aromatic rings. The highest BCUT2D eigenvalue weighted by atomic mass is 19.1. The highest BCUT2D eigenvalue weighted by Gasteiger charge is 2.03. The molecule has 106 valence electrons. The Kier molecular flexibility index (Phi) is 4.81. The number of aromatic nitrogens is 2. The van der Waals surface area contributed by atoms with Crippen LogP contribution in [0.2, 0.25) is 0 Å². The van der Waals surface area contributed by atoms with Crippen molar-refractivity contribution in [3.8, 4) is 5.75 Å². The van der Waals surface area contributed by atoms with Crippen molar-refractivity contribution in [2.24, 2.45) is 0 Å². The van der Waals surface area contributed by atoms with Gasteiger partial charge in [0.2, 0.25) is 0 Å². The summed E-state index contributed by atoms with van der Waals surface area (Å²) in [5.74, 6) is -0.541. The number of halogens is 2. The number of ether oxygens (including phenoxy) is 1. The maximum atomic E-state index is 13.0. The molecule has 20 heavy (non-hydrogen) atoms. The fourth-order valence-corrected chi connectivity index (χ4v) is 1.54. The van der Waals surface area contributed by atoms with Crippen LogP contribution < -0.4 is 10.1 Å². The number of rotatable bonds is 6. The first-order valence-corrected chi connectivity index (χ1v) is 6.31. The van der Waals surface area contributed by atoms with Crippen molar-refractivity contribution in [1.29, 1.82) is 0 Å². The average molecular weight is 279 g/mol. The number of nitrogens with zero attached hydrogens (tertiary/aromatic N) is 2. The van der Waals surface area contributed by atoms with E-state index in [0.717, 1.165) is 31.2 Å². The molecular weight excluding hydrogens is 264 g/mol. The lowest BCUT2D eigenvalue weighted by Crippen LogP contribution is -2.04. The standard InChI is InChI=1S/C14H15F2N3O/c1-2-3-17-14-8-18-12(7-19-14)9-20-13-5-10(15)4-11(16)6-13/h4-8H,2-3,9H2,1H3,(H,17,19). The summed E-state index contributed by atoms with van der Waals surface area (Å²) in [5.41, 5.74) is 0.580. The molecule has 0 saturated carbocycles. The van der Waals surface area contributed by atoms with Crippen LogP contribution in [0.3, 0.4) is 0 Å². The van der Waals surface area contributed by atoms with Crippen LogP contribution in [0, 0.1) is 11.6 Å². The van der Waals surface area contributed by atoms with Gasteiger partial charge in [-0.2, -0.15) is 0 Å². The molecule has 1 aromatic heterocycles. The van der Waals surface area contributed by atoms with E-state index in [1.54, 1.807) is 12.4 Å². The second kappa shape index (κ2) is 6.79. The van der Waals surface area contributed by atoms with E-state index in [2.05, 4.69) is 22.2 Å². The molecule has 6 heteroatoms. The molecule has 1 aromatic carbocycles.